The molecule has 1 N–H and O–H groups in total. The minimum Gasteiger partial charge on any atom is -0.359 e. The Morgan fingerprint density at radius 3 is 2.77 bits per heavy atom. The highest BCUT2D eigenvalue weighted by molar-refractivity contribution is 9.11. The van der Waals surface area contributed by atoms with Crippen molar-refractivity contribution in [3.63, 3.8) is 0 Å². The maximum absolute atomic E-state index is 4.23. The topological polar surface area (TPSA) is 24.9 Å². The van der Waals surface area contributed by atoms with Gasteiger partial charge < -0.3 is 5.32 Å². The Bertz CT molecular complexity index is 262. The lowest BCUT2D eigenvalue weighted by molar-refractivity contribution is 0.494. The lowest BCUT2D eigenvalue weighted by Gasteiger charge is -2.18. The molecule has 0 saturated carbocycles. The molecule has 0 aliphatic carbocycles. The molecule has 0 aliphatic heterocycles. The zero-order valence-electron chi connectivity index (χ0n) is 8.17. The van der Waals surface area contributed by atoms with Crippen LogP contribution in [0.2, 0.25) is 0 Å². The third kappa shape index (κ3) is 3.27. The summed E-state index contributed by atoms with van der Waals surface area (Å²) in [6, 6.07) is 0.489. The Morgan fingerprint density at radius 2 is 2.31 bits per heavy atom. The zero-order valence-corrected chi connectivity index (χ0v) is 10.6. The molecule has 0 fully saturated rings. The Kier molecular flexibility index (Phi) is 4.19. The first-order chi connectivity index (χ1) is 6.13. The summed E-state index contributed by atoms with van der Waals surface area (Å²) in [5.74, 6) is 0.683. The van der Waals surface area contributed by atoms with E-state index in [0.717, 1.165) is 8.92 Å². The van der Waals surface area contributed by atoms with Gasteiger partial charge in [0.25, 0.3) is 0 Å². The van der Waals surface area contributed by atoms with Crippen LogP contribution in [0, 0.1) is 5.92 Å². The largest absolute Gasteiger partial charge is 0.359 e. The molecule has 1 aromatic rings. The highest BCUT2D eigenvalue weighted by Gasteiger charge is 2.10. The molecular formula is C9H15BrN2S. The molecule has 1 heterocycles. The fourth-order valence-electron chi connectivity index (χ4n) is 1.01. The van der Waals surface area contributed by atoms with Gasteiger partial charge in [0.2, 0.25) is 0 Å². The van der Waals surface area contributed by atoms with Crippen LogP contribution in [0.25, 0.3) is 0 Å². The Balaban J connectivity index is 2.49. The first-order valence-electron chi connectivity index (χ1n) is 4.51. The number of nitrogens with zero attached hydrogens (tertiary/aromatic N) is 1. The first kappa shape index (κ1) is 11.0. The van der Waals surface area contributed by atoms with E-state index in [0.29, 0.717) is 12.0 Å². The molecule has 0 aromatic carbocycles. The molecule has 1 aromatic heterocycles. The van der Waals surface area contributed by atoms with Gasteiger partial charge in [-0.15, -0.1) is 0 Å². The van der Waals surface area contributed by atoms with E-state index in [1.807, 2.05) is 6.20 Å². The number of thiazole rings is 1. The van der Waals surface area contributed by atoms with Crippen molar-refractivity contribution in [1.29, 1.82) is 0 Å². The van der Waals surface area contributed by atoms with Crippen LogP contribution in [-0.4, -0.2) is 11.0 Å². The summed E-state index contributed by atoms with van der Waals surface area (Å²) in [6.07, 6.45) is 3.02. The SMILES string of the molecule is CCC(C)C(C)Nc1ncc(Br)s1. The zero-order chi connectivity index (χ0) is 9.84. The molecule has 0 amide bonds. The summed E-state index contributed by atoms with van der Waals surface area (Å²) in [5, 5.41) is 4.39. The van der Waals surface area contributed by atoms with Crippen molar-refractivity contribution in [2.24, 2.45) is 5.92 Å². The molecule has 4 heteroatoms. The molecule has 0 radical (unpaired) electrons. The minimum absolute atomic E-state index is 0.489. The molecule has 0 spiro atoms. The normalized spacial score (nSPS) is 15.4. The fraction of sp³-hybridized carbons (Fsp3) is 0.667. The summed E-state index contributed by atoms with van der Waals surface area (Å²) < 4.78 is 1.08. The van der Waals surface area contributed by atoms with E-state index in [-0.39, 0.29) is 0 Å². The summed E-state index contributed by atoms with van der Waals surface area (Å²) in [7, 11) is 0. The summed E-state index contributed by atoms with van der Waals surface area (Å²) in [5.41, 5.74) is 0. The van der Waals surface area contributed by atoms with Gasteiger partial charge in [0.1, 0.15) is 0 Å². The Morgan fingerprint density at radius 1 is 1.62 bits per heavy atom. The smallest absolute Gasteiger partial charge is 0.183 e. The second kappa shape index (κ2) is 4.96. The molecule has 1 rings (SSSR count). The van der Waals surface area contributed by atoms with Gasteiger partial charge in [-0.25, -0.2) is 4.98 Å². The Labute approximate surface area is 91.9 Å². The second-order valence-electron chi connectivity index (χ2n) is 3.29. The van der Waals surface area contributed by atoms with Crippen LogP contribution in [0.3, 0.4) is 0 Å². The number of halogens is 1. The molecule has 0 saturated heterocycles. The van der Waals surface area contributed by atoms with Crippen LogP contribution in [-0.2, 0) is 0 Å². The summed E-state index contributed by atoms with van der Waals surface area (Å²) in [6.45, 7) is 6.66. The molecule has 0 aliphatic rings. The third-order valence-corrected chi connectivity index (χ3v) is 3.73. The highest BCUT2D eigenvalue weighted by Crippen LogP contribution is 2.24. The van der Waals surface area contributed by atoms with E-state index in [1.165, 1.54) is 6.42 Å². The summed E-state index contributed by atoms with van der Waals surface area (Å²) >= 11 is 5.03. The predicted octanol–water partition coefficient (Wildman–Crippen LogP) is 3.75. The third-order valence-electron chi connectivity index (χ3n) is 2.33. The van der Waals surface area contributed by atoms with Crippen molar-refractivity contribution in [2.45, 2.75) is 33.2 Å². The molecular weight excluding hydrogens is 248 g/mol. The van der Waals surface area contributed by atoms with Crippen molar-refractivity contribution in [3.8, 4) is 0 Å². The monoisotopic (exact) mass is 262 g/mol. The van der Waals surface area contributed by atoms with Crippen LogP contribution >= 0.6 is 27.3 Å². The van der Waals surface area contributed by atoms with Crippen LogP contribution in [0.4, 0.5) is 5.13 Å². The van der Waals surface area contributed by atoms with Crippen LogP contribution in [0.1, 0.15) is 27.2 Å². The van der Waals surface area contributed by atoms with E-state index < -0.39 is 0 Å². The summed E-state index contributed by atoms with van der Waals surface area (Å²) in [4.78, 5) is 4.23. The molecule has 13 heavy (non-hydrogen) atoms. The van der Waals surface area contributed by atoms with Crippen molar-refractivity contribution in [1.82, 2.24) is 4.98 Å². The first-order valence-corrected chi connectivity index (χ1v) is 6.12. The van der Waals surface area contributed by atoms with Gasteiger partial charge in [0, 0.05) is 6.04 Å². The maximum Gasteiger partial charge on any atom is 0.183 e. The van der Waals surface area contributed by atoms with Gasteiger partial charge in [-0.2, -0.15) is 0 Å². The number of anilines is 1. The van der Waals surface area contributed by atoms with Crippen LogP contribution in [0.5, 0.6) is 0 Å². The average molecular weight is 263 g/mol. The number of hydrogen-bond acceptors (Lipinski definition) is 3. The average Bonchev–Trinajstić information content (AvgIpc) is 2.49. The predicted molar refractivity (Wildman–Crippen MR) is 62.4 cm³/mol. The Hall–Kier alpha value is -0.0900. The van der Waals surface area contributed by atoms with Crippen molar-refractivity contribution in [2.75, 3.05) is 5.32 Å². The van der Waals surface area contributed by atoms with E-state index in [4.69, 9.17) is 0 Å². The minimum atomic E-state index is 0.489. The fourth-order valence-corrected chi connectivity index (χ4v) is 2.21. The van der Waals surface area contributed by atoms with Crippen LogP contribution < -0.4 is 5.32 Å². The molecule has 2 unspecified atom stereocenters. The number of aromatic nitrogens is 1. The molecule has 2 nitrogen and oxygen atoms in total. The lowest BCUT2D eigenvalue weighted by atomic mass is 10.0. The van der Waals surface area contributed by atoms with E-state index in [1.54, 1.807) is 11.3 Å². The van der Waals surface area contributed by atoms with E-state index >= 15 is 0 Å². The maximum atomic E-state index is 4.23. The van der Waals surface area contributed by atoms with E-state index in [9.17, 15) is 0 Å². The lowest BCUT2D eigenvalue weighted by Crippen LogP contribution is -2.22. The van der Waals surface area contributed by atoms with Gasteiger partial charge in [-0.3, -0.25) is 0 Å². The standard InChI is InChI=1S/C9H15BrN2S/c1-4-6(2)7(3)12-9-11-5-8(10)13-9/h5-7H,4H2,1-3H3,(H,11,12). The quantitative estimate of drug-likeness (QED) is 0.894. The highest BCUT2D eigenvalue weighted by atomic mass is 79.9. The number of rotatable bonds is 4. The molecule has 2 atom stereocenters. The molecule has 74 valence electrons. The van der Waals surface area contributed by atoms with Gasteiger partial charge >= 0.3 is 0 Å². The van der Waals surface area contributed by atoms with Gasteiger partial charge in [0.05, 0.1) is 9.98 Å². The number of hydrogen-bond donors (Lipinski definition) is 1. The molecule has 0 bridgehead atoms. The second-order valence-corrected chi connectivity index (χ2v) is 5.70. The van der Waals surface area contributed by atoms with Crippen molar-refractivity contribution < 1.29 is 0 Å². The van der Waals surface area contributed by atoms with Crippen LogP contribution in [0.15, 0.2) is 9.98 Å². The van der Waals surface area contributed by atoms with Crippen molar-refractivity contribution in [3.05, 3.63) is 9.98 Å². The van der Waals surface area contributed by atoms with Gasteiger partial charge in [0.15, 0.2) is 5.13 Å². The van der Waals surface area contributed by atoms with Gasteiger partial charge in [-0.05, 0) is 28.8 Å². The van der Waals surface area contributed by atoms with Gasteiger partial charge in [-0.1, -0.05) is 31.6 Å². The number of nitrogens with one attached hydrogen (secondary N) is 1. The van der Waals surface area contributed by atoms with Crippen molar-refractivity contribution >= 4 is 32.4 Å². The van der Waals surface area contributed by atoms with E-state index in [2.05, 4.69) is 47.0 Å².